The van der Waals surface area contributed by atoms with Crippen molar-refractivity contribution >= 4 is 5.91 Å². The number of carbonyl (C=O) groups excluding carboxylic acids is 1. The van der Waals surface area contributed by atoms with Crippen LogP contribution < -0.4 is 10.1 Å². The zero-order valence-corrected chi connectivity index (χ0v) is 13.9. The minimum absolute atomic E-state index is 0.117. The summed E-state index contributed by atoms with van der Waals surface area (Å²) in [6, 6.07) is 7.53. The molecule has 2 atom stereocenters. The average molecular weight is 323 g/mol. The number of rotatable bonds is 7. The highest BCUT2D eigenvalue weighted by Crippen LogP contribution is 2.25. The largest absolute Gasteiger partial charge is 0.496 e. The van der Waals surface area contributed by atoms with Crippen LogP contribution in [-0.4, -0.2) is 42.7 Å². The maximum absolute atomic E-state index is 11.9. The topological polar surface area (TPSA) is 77.0 Å². The summed E-state index contributed by atoms with van der Waals surface area (Å²) in [6.45, 7) is 4.35. The predicted octanol–water partition coefficient (Wildman–Crippen LogP) is 1.60. The molecule has 1 aliphatic rings. The Morgan fingerprint density at radius 1 is 1.48 bits per heavy atom. The highest BCUT2D eigenvalue weighted by molar-refractivity contribution is 5.75. The van der Waals surface area contributed by atoms with Crippen molar-refractivity contribution < 1.29 is 24.1 Å². The number of carbonyl (C=O) groups is 1. The molecule has 0 radical (unpaired) electrons. The molecule has 6 heteroatoms. The van der Waals surface area contributed by atoms with E-state index in [0.717, 1.165) is 11.3 Å². The van der Waals surface area contributed by atoms with E-state index in [1.165, 1.54) is 0 Å². The summed E-state index contributed by atoms with van der Waals surface area (Å²) >= 11 is 0. The number of benzene rings is 1. The maximum atomic E-state index is 11.9. The van der Waals surface area contributed by atoms with Crippen LogP contribution >= 0.6 is 0 Å². The van der Waals surface area contributed by atoms with Gasteiger partial charge in [0.1, 0.15) is 11.9 Å². The molecule has 2 rings (SSSR count). The minimum Gasteiger partial charge on any atom is -0.496 e. The van der Waals surface area contributed by atoms with Crippen molar-refractivity contribution in [3.05, 3.63) is 29.8 Å². The van der Waals surface area contributed by atoms with Crippen LogP contribution in [-0.2, 0) is 20.8 Å². The molecule has 23 heavy (non-hydrogen) atoms. The number of para-hydroxylation sites is 1. The number of nitrogens with one attached hydrogen (secondary N) is 1. The fourth-order valence-electron chi connectivity index (χ4n) is 2.50. The Morgan fingerprint density at radius 3 is 2.87 bits per heavy atom. The molecule has 0 unspecified atom stereocenters. The number of hydrogen-bond donors (Lipinski definition) is 2. The molecule has 1 amide bonds. The van der Waals surface area contributed by atoms with Gasteiger partial charge in [0.05, 0.1) is 19.8 Å². The third-order valence-electron chi connectivity index (χ3n) is 3.80. The van der Waals surface area contributed by atoms with E-state index < -0.39 is 11.9 Å². The van der Waals surface area contributed by atoms with E-state index in [-0.39, 0.29) is 18.4 Å². The van der Waals surface area contributed by atoms with Gasteiger partial charge in [-0.2, -0.15) is 0 Å². The molecule has 0 aliphatic carbocycles. The van der Waals surface area contributed by atoms with Crippen LogP contribution in [0.3, 0.4) is 0 Å². The molecule has 128 valence electrons. The lowest BCUT2D eigenvalue weighted by Crippen LogP contribution is -2.32. The van der Waals surface area contributed by atoms with Crippen molar-refractivity contribution in [2.24, 2.45) is 0 Å². The van der Waals surface area contributed by atoms with Crippen LogP contribution in [0, 0.1) is 0 Å². The van der Waals surface area contributed by atoms with Crippen LogP contribution in [0.2, 0.25) is 0 Å². The van der Waals surface area contributed by atoms with Gasteiger partial charge < -0.3 is 24.6 Å². The summed E-state index contributed by atoms with van der Waals surface area (Å²) in [5.74, 6) is -0.0442. The second-order valence-corrected chi connectivity index (χ2v) is 6.06. The van der Waals surface area contributed by atoms with Gasteiger partial charge in [-0.25, -0.2) is 0 Å². The van der Waals surface area contributed by atoms with E-state index >= 15 is 0 Å². The molecule has 1 aromatic rings. The Bertz CT molecular complexity index is 531. The molecular formula is C17H25NO5. The zero-order valence-electron chi connectivity index (χ0n) is 13.9. The van der Waals surface area contributed by atoms with Crippen LogP contribution in [0.4, 0.5) is 0 Å². The SMILES string of the molecule is COc1ccccc1CNC(=O)CC[C@@H](O)[C@@H]1COC(C)(C)O1. The Hall–Kier alpha value is -1.63. The maximum Gasteiger partial charge on any atom is 0.220 e. The van der Waals surface area contributed by atoms with Crippen molar-refractivity contribution in [3.8, 4) is 5.75 Å². The second-order valence-electron chi connectivity index (χ2n) is 6.06. The molecule has 1 saturated heterocycles. The average Bonchev–Trinajstić information content (AvgIpc) is 2.91. The predicted molar refractivity (Wildman–Crippen MR) is 85.0 cm³/mol. The number of methoxy groups -OCH3 is 1. The molecular weight excluding hydrogens is 298 g/mol. The minimum atomic E-state index is -0.714. The molecule has 0 saturated carbocycles. The Balaban J connectivity index is 1.73. The van der Waals surface area contributed by atoms with Crippen molar-refractivity contribution in [1.82, 2.24) is 5.32 Å². The monoisotopic (exact) mass is 323 g/mol. The quantitative estimate of drug-likeness (QED) is 0.797. The highest BCUT2D eigenvalue weighted by Gasteiger charge is 2.36. The van der Waals surface area contributed by atoms with Gasteiger partial charge in [-0.1, -0.05) is 18.2 Å². The third kappa shape index (κ3) is 5.20. The zero-order chi connectivity index (χ0) is 16.9. The summed E-state index contributed by atoms with van der Waals surface area (Å²) in [4.78, 5) is 11.9. The molecule has 1 heterocycles. The first-order valence-electron chi connectivity index (χ1n) is 7.80. The van der Waals surface area contributed by atoms with E-state index in [4.69, 9.17) is 14.2 Å². The van der Waals surface area contributed by atoms with E-state index in [9.17, 15) is 9.90 Å². The first kappa shape index (κ1) is 17.7. The normalized spacial score (nSPS) is 21.0. The van der Waals surface area contributed by atoms with Crippen LogP contribution in [0.25, 0.3) is 0 Å². The number of amides is 1. The van der Waals surface area contributed by atoms with Crippen LogP contribution in [0.5, 0.6) is 5.75 Å². The molecule has 2 N–H and O–H groups in total. The third-order valence-corrected chi connectivity index (χ3v) is 3.80. The smallest absolute Gasteiger partial charge is 0.220 e. The summed E-state index contributed by atoms with van der Waals surface area (Å²) in [6.07, 6.45) is -0.529. The Kier molecular flexibility index (Phi) is 5.98. The van der Waals surface area contributed by atoms with E-state index in [1.54, 1.807) is 21.0 Å². The first-order valence-corrected chi connectivity index (χ1v) is 7.80. The molecule has 1 aliphatic heterocycles. The van der Waals surface area contributed by atoms with Crippen molar-refractivity contribution in [2.75, 3.05) is 13.7 Å². The van der Waals surface area contributed by atoms with Crippen molar-refractivity contribution in [2.45, 2.75) is 51.2 Å². The molecule has 1 fully saturated rings. The second kappa shape index (κ2) is 7.77. The number of hydrogen-bond acceptors (Lipinski definition) is 5. The van der Waals surface area contributed by atoms with Gasteiger partial charge >= 0.3 is 0 Å². The van der Waals surface area contributed by atoms with Gasteiger partial charge in [0.15, 0.2) is 5.79 Å². The molecule has 0 spiro atoms. The van der Waals surface area contributed by atoms with Gasteiger partial charge in [0.25, 0.3) is 0 Å². The van der Waals surface area contributed by atoms with E-state index in [1.807, 2.05) is 24.3 Å². The van der Waals surface area contributed by atoms with Gasteiger partial charge in [-0.05, 0) is 26.3 Å². The van der Waals surface area contributed by atoms with Crippen LogP contribution in [0.15, 0.2) is 24.3 Å². The first-order chi connectivity index (χ1) is 10.9. The lowest BCUT2D eigenvalue weighted by atomic mass is 10.1. The van der Waals surface area contributed by atoms with Gasteiger partial charge in [-0.3, -0.25) is 4.79 Å². The number of aliphatic hydroxyl groups is 1. The van der Waals surface area contributed by atoms with Crippen molar-refractivity contribution in [3.63, 3.8) is 0 Å². The van der Waals surface area contributed by atoms with Crippen LogP contribution in [0.1, 0.15) is 32.3 Å². The Morgan fingerprint density at radius 2 is 2.22 bits per heavy atom. The summed E-state index contributed by atoms with van der Waals surface area (Å²) in [5.41, 5.74) is 0.915. The standard InChI is InChI=1S/C17H25NO5/c1-17(2)22-11-15(23-17)13(19)8-9-16(20)18-10-12-6-4-5-7-14(12)21-3/h4-7,13,15,19H,8-11H2,1-3H3,(H,18,20)/t13-,15+/m1/s1. The summed E-state index contributed by atoms with van der Waals surface area (Å²) in [7, 11) is 1.60. The summed E-state index contributed by atoms with van der Waals surface area (Å²) < 4.78 is 16.2. The van der Waals surface area contributed by atoms with Gasteiger partial charge in [0.2, 0.25) is 5.91 Å². The Labute approximate surface area is 136 Å². The fourth-order valence-corrected chi connectivity index (χ4v) is 2.50. The van der Waals surface area contributed by atoms with Crippen molar-refractivity contribution in [1.29, 1.82) is 0 Å². The summed E-state index contributed by atoms with van der Waals surface area (Å²) in [5, 5.41) is 12.9. The fraction of sp³-hybridized carbons (Fsp3) is 0.588. The van der Waals surface area contributed by atoms with Gasteiger partial charge in [-0.15, -0.1) is 0 Å². The van der Waals surface area contributed by atoms with E-state index in [2.05, 4.69) is 5.32 Å². The number of ether oxygens (including phenoxy) is 3. The highest BCUT2D eigenvalue weighted by atomic mass is 16.7. The lowest BCUT2D eigenvalue weighted by molar-refractivity contribution is -0.151. The molecule has 0 aromatic heterocycles. The van der Waals surface area contributed by atoms with E-state index in [0.29, 0.717) is 19.6 Å². The molecule has 0 bridgehead atoms. The number of aliphatic hydroxyl groups excluding tert-OH is 1. The van der Waals surface area contributed by atoms with Gasteiger partial charge in [0, 0.05) is 18.5 Å². The molecule has 6 nitrogen and oxygen atoms in total. The lowest BCUT2D eigenvalue weighted by Gasteiger charge is -2.20. The molecule has 1 aromatic carbocycles.